The fourth-order valence-corrected chi connectivity index (χ4v) is 4.39. The summed E-state index contributed by atoms with van der Waals surface area (Å²) in [5.74, 6) is 0.850. The lowest BCUT2D eigenvalue weighted by molar-refractivity contribution is 0.102. The molecule has 0 radical (unpaired) electrons. The maximum Gasteiger partial charge on any atom is 0.258 e. The van der Waals surface area contributed by atoms with Crippen LogP contribution in [0.5, 0.6) is 0 Å². The summed E-state index contributed by atoms with van der Waals surface area (Å²) in [6, 6.07) is 18.7. The number of halogens is 2. The summed E-state index contributed by atoms with van der Waals surface area (Å²) < 4.78 is 0.825. The van der Waals surface area contributed by atoms with Crippen LogP contribution in [0.3, 0.4) is 0 Å². The number of carbonyl (C=O) groups is 1. The number of hydrogen-bond donors (Lipinski definition) is 3. The summed E-state index contributed by atoms with van der Waals surface area (Å²) >= 11 is 13.1. The molecule has 0 fully saturated rings. The molecule has 4 aromatic rings. The first-order valence-electron chi connectivity index (χ1n) is 9.68. The molecule has 2 aromatic carbocycles. The maximum absolute atomic E-state index is 12.4. The van der Waals surface area contributed by atoms with Crippen molar-refractivity contribution in [2.75, 3.05) is 16.0 Å². The average Bonchev–Trinajstić information content (AvgIpc) is 3.09. The zero-order valence-electron chi connectivity index (χ0n) is 17.2. The van der Waals surface area contributed by atoms with Crippen LogP contribution in [0, 0.1) is 13.8 Å². The van der Waals surface area contributed by atoms with Crippen molar-refractivity contribution in [3.8, 4) is 0 Å². The highest BCUT2D eigenvalue weighted by molar-refractivity contribution is 7.20. The van der Waals surface area contributed by atoms with Gasteiger partial charge < -0.3 is 16.0 Å². The van der Waals surface area contributed by atoms with Crippen molar-refractivity contribution in [1.82, 2.24) is 9.97 Å². The first-order chi connectivity index (χ1) is 15.4. The minimum atomic E-state index is -0.312. The molecule has 32 heavy (non-hydrogen) atoms. The van der Waals surface area contributed by atoms with E-state index in [9.17, 15) is 4.79 Å². The molecule has 0 spiro atoms. The molecule has 2 aromatic heterocycles. The molecule has 1 amide bonds. The Hall–Kier alpha value is -3.13. The monoisotopic (exact) mass is 483 g/mol. The lowest BCUT2D eigenvalue weighted by Gasteiger charge is -2.11. The number of thiophene rings is 1. The summed E-state index contributed by atoms with van der Waals surface area (Å²) in [6.07, 6.45) is 0. The van der Waals surface area contributed by atoms with Gasteiger partial charge in [-0.25, -0.2) is 4.98 Å². The third kappa shape index (κ3) is 5.56. The van der Waals surface area contributed by atoms with Crippen molar-refractivity contribution in [3.05, 3.63) is 86.2 Å². The van der Waals surface area contributed by atoms with Gasteiger partial charge in [0.25, 0.3) is 5.91 Å². The molecule has 0 atom stereocenters. The van der Waals surface area contributed by atoms with E-state index in [1.807, 2.05) is 56.3 Å². The van der Waals surface area contributed by atoms with Crippen LogP contribution in [-0.4, -0.2) is 15.9 Å². The molecule has 0 aliphatic rings. The van der Waals surface area contributed by atoms with Gasteiger partial charge >= 0.3 is 0 Å². The summed E-state index contributed by atoms with van der Waals surface area (Å²) in [5, 5.41) is 9.29. The van der Waals surface area contributed by atoms with Gasteiger partial charge in [0.05, 0.1) is 9.90 Å². The summed E-state index contributed by atoms with van der Waals surface area (Å²) in [7, 11) is 0. The van der Waals surface area contributed by atoms with Gasteiger partial charge in [0, 0.05) is 28.8 Å². The zero-order chi connectivity index (χ0) is 22.7. The number of nitrogens with one attached hydrogen (secondary N) is 3. The Morgan fingerprint density at radius 2 is 1.47 bits per heavy atom. The fourth-order valence-electron chi connectivity index (χ4n) is 2.93. The van der Waals surface area contributed by atoms with Crippen molar-refractivity contribution in [2.24, 2.45) is 0 Å². The Labute approximate surface area is 199 Å². The highest BCUT2D eigenvalue weighted by Gasteiger charge is 2.14. The molecule has 0 saturated heterocycles. The van der Waals surface area contributed by atoms with Crippen molar-refractivity contribution in [2.45, 2.75) is 13.8 Å². The third-order valence-corrected chi connectivity index (χ3v) is 5.97. The standard InChI is InChI=1S/C23H19Cl2N5OS/c1-13-3-5-15(6-4-13)27-20-11-14(2)26-23(30-20)29-17-9-7-16(8-10-17)28-22(31)18-12-19(24)32-21(18)25/h3-12H,1-2H3,(H,28,31)(H2,26,27,29,30). The van der Waals surface area contributed by atoms with Crippen LogP contribution in [0.15, 0.2) is 60.7 Å². The van der Waals surface area contributed by atoms with Gasteiger partial charge in [0.15, 0.2) is 0 Å². The molecule has 0 bridgehead atoms. The van der Waals surface area contributed by atoms with E-state index >= 15 is 0 Å². The second-order valence-electron chi connectivity index (χ2n) is 7.10. The Bertz CT molecular complexity index is 1260. The van der Waals surface area contributed by atoms with Crippen LogP contribution in [0.1, 0.15) is 21.6 Å². The van der Waals surface area contributed by atoms with E-state index in [4.69, 9.17) is 23.2 Å². The van der Waals surface area contributed by atoms with E-state index in [1.165, 1.54) is 5.56 Å². The predicted molar refractivity (Wildman–Crippen MR) is 133 cm³/mol. The quantitative estimate of drug-likeness (QED) is 0.270. The van der Waals surface area contributed by atoms with Crippen molar-refractivity contribution < 1.29 is 4.79 Å². The van der Waals surface area contributed by atoms with Gasteiger partial charge in [-0.3, -0.25) is 4.79 Å². The minimum absolute atomic E-state index is 0.312. The van der Waals surface area contributed by atoms with Gasteiger partial charge in [0.2, 0.25) is 5.95 Å². The third-order valence-electron chi connectivity index (χ3n) is 4.48. The van der Waals surface area contributed by atoms with Crippen molar-refractivity contribution in [3.63, 3.8) is 0 Å². The molecular weight excluding hydrogens is 465 g/mol. The van der Waals surface area contributed by atoms with Gasteiger partial charge in [0.1, 0.15) is 10.2 Å². The molecule has 0 saturated carbocycles. The van der Waals surface area contributed by atoms with Crippen molar-refractivity contribution >= 4 is 69.3 Å². The van der Waals surface area contributed by atoms with Crippen LogP contribution in [0.25, 0.3) is 0 Å². The average molecular weight is 484 g/mol. The van der Waals surface area contributed by atoms with Crippen molar-refractivity contribution in [1.29, 1.82) is 0 Å². The molecule has 2 heterocycles. The Morgan fingerprint density at radius 3 is 2.12 bits per heavy atom. The predicted octanol–water partition coefficient (Wildman–Crippen LogP) is 7.20. The topological polar surface area (TPSA) is 78.9 Å². The summed E-state index contributed by atoms with van der Waals surface area (Å²) in [6.45, 7) is 3.96. The van der Waals surface area contributed by atoms with Gasteiger partial charge in [-0.15, -0.1) is 11.3 Å². The van der Waals surface area contributed by atoms with E-state index in [1.54, 1.807) is 18.2 Å². The van der Waals surface area contributed by atoms with Crippen LogP contribution in [-0.2, 0) is 0 Å². The molecule has 6 nitrogen and oxygen atoms in total. The Kier molecular flexibility index (Phi) is 6.60. The molecular formula is C23H19Cl2N5OS. The number of amides is 1. The van der Waals surface area contributed by atoms with Crippen LogP contribution >= 0.6 is 34.5 Å². The maximum atomic E-state index is 12.4. The Morgan fingerprint density at radius 1 is 0.844 bits per heavy atom. The SMILES string of the molecule is Cc1ccc(Nc2cc(C)nc(Nc3ccc(NC(=O)c4cc(Cl)sc4Cl)cc3)n2)cc1. The Balaban J connectivity index is 1.44. The lowest BCUT2D eigenvalue weighted by atomic mass is 10.2. The second kappa shape index (κ2) is 9.56. The fraction of sp³-hybridized carbons (Fsp3) is 0.0870. The van der Waals surface area contributed by atoms with Crippen LogP contribution < -0.4 is 16.0 Å². The first-order valence-corrected chi connectivity index (χ1v) is 11.3. The molecule has 3 N–H and O–H groups in total. The number of hydrogen-bond acceptors (Lipinski definition) is 6. The number of nitrogens with zero attached hydrogens (tertiary/aromatic N) is 2. The van der Waals surface area contributed by atoms with E-state index in [0.717, 1.165) is 28.4 Å². The first kappa shape index (κ1) is 22.1. The minimum Gasteiger partial charge on any atom is -0.340 e. The van der Waals surface area contributed by atoms with E-state index in [0.29, 0.717) is 31.7 Å². The largest absolute Gasteiger partial charge is 0.340 e. The number of aromatic nitrogens is 2. The van der Waals surface area contributed by atoms with E-state index in [-0.39, 0.29) is 5.91 Å². The van der Waals surface area contributed by atoms with Gasteiger partial charge in [-0.2, -0.15) is 4.98 Å². The number of aryl methyl sites for hydroxylation is 2. The van der Waals surface area contributed by atoms with Crippen LogP contribution in [0.4, 0.5) is 28.8 Å². The molecule has 4 rings (SSSR count). The van der Waals surface area contributed by atoms with E-state index < -0.39 is 0 Å². The normalized spacial score (nSPS) is 10.6. The summed E-state index contributed by atoms with van der Waals surface area (Å²) in [5.41, 5.74) is 4.74. The van der Waals surface area contributed by atoms with Crippen LogP contribution in [0.2, 0.25) is 8.67 Å². The number of carbonyl (C=O) groups excluding carboxylic acids is 1. The lowest BCUT2D eigenvalue weighted by Crippen LogP contribution is -2.11. The zero-order valence-corrected chi connectivity index (χ0v) is 19.6. The number of rotatable bonds is 6. The smallest absolute Gasteiger partial charge is 0.258 e. The molecule has 0 unspecified atom stereocenters. The highest BCUT2D eigenvalue weighted by atomic mass is 35.5. The number of anilines is 5. The molecule has 162 valence electrons. The van der Waals surface area contributed by atoms with E-state index in [2.05, 4.69) is 25.9 Å². The molecule has 0 aliphatic heterocycles. The number of benzene rings is 2. The molecule has 9 heteroatoms. The highest BCUT2D eigenvalue weighted by Crippen LogP contribution is 2.31. The molecule has 0 aliphatic carbocycles. The second-order valence-corrected chi connectivity index (χ2v) is 9.39. The van der Waals surface area contributed by atoms with Gasteiger partial charge in [-0.05, 0) is 56.3 Å². The summed E-state index contributed by atoms with van der Waals surface area (Å²) in [4.78, 5) is 21.4. The van der Waals surface area contributed by atoms with Gasteiger partial charge in [-0.1, -0.05) is 40.9 Å².